The first-order valence-electron chi connectivity index (χ1n) is 13.2. The van der Waals surface area contributed by atoms with Gasteiger partial charge in [0, 0.05) is 10.6 Å². The molecule has 0 spiro atoms. The highest BCUT2D eigenvalue weighted by atomic mass is 31.1. The summed E-state index contributed by atoms with van der Waals surface area (Å²) in [5, 5.41) is 7.50. The lowest BCUT2D eigenvalue weighted by atomic mass is 10.3. The summed E-state index contributed by atoms with van der Waals surface area (Å²) in [6.07, 6.45) is 0. The molecule has 6 aromatic rings. The van der Waals surface area contributed by atoms with Gasteiger partial charge in [-0.05, 0) is 20.7 Å². The van der Waals surface area contributed by atoms with E-state index >= 15 is 0 Å². The summed E-state index contributed by atoms with van der Waals surface area (Å²) in [6.45, 7) is 0. The van der Waals surface area contributed by atoms with Crippen LogP contribution >= 0.6 is 7.80 Å². The number of hydrogen-bond donors (Lipinski definition) is 0. The molecule has 0 saturated heterocycles. The van der Waals surface area contributed by atoms with E-state index in [-0.39, 0.29) is 0 Å². The molecule has 0 fully saturated rings. The lowest BCUT2D eigenvalue weighted by Gasteiger charge is -2.34. The lowest BCUT2D eigenvalue weighted by molar-refractivity contribution is 0.598. The minimum Gasteiger partial charge on any atom is -0.317 e. The van der Waals surface area contributed by atoms with Crippen LogP contribution in [0.3, 0.4) is 0 Å². The Kier molecular flexibility index (Phi) is 8.81. The Labute approximate surface area is 233 Å². The van der Waals surface area contributed by atoms with E-state index in [1.807, 2.05) is 60.7 Å². The van der Waals surface area contributed by atoms with Crippen LogP contribution in [0, 0.1) is 0 Å². The summed E-state index contributed by atoms with van der Waals surface area (Å²) in [4.78, 5) is 0. The predicted molar refractivity (Wildman–Crippen MR) is 171 cm³/mol. The molecule has 190 valence electrons. The van der Waals surface area contributed by atoms with Crippen molar-refractivity contribution in [2.75, 3.05) is 0 Å². The normalized spacial score (nSPS) is 10.9. The molecule has 6 aromatic carbocycles. The second-order valence-electron chi connectivity index (χ2n) is 9.28. The van der Waals surface area contributed by atoms with E-state index in [1.54, 1.807) is 0 Å². The zero-order valence-electron chi connectivity index (χ0n) is 21.7. The summed E-state index contributed by atoms with van der Waals surface area (Å²) in [7, 11) is -4.09. The highest BCUT2D eigenvalue weighted by molar-refractivity contribution is 7.61. The number of hydrogen-bond acceptors (Lipinski definition) is 1. The van der Waals surface area contributed by atoms with Crippen LogP contribution < -0.4 is 31.4 Å². The van der Waals surface area contributed by atoms with Gasteiger partial charge in [-0.2, -0.15) is 0 Å². The average molecular weight is 539 g/mol. The molecule has 3 heteroatoms. The fourth-order valence-electron chi connectivity index (χ4n) is 5.10. The van der Waals surface area contributed by atoms with Gasteiger partial charge < -0.3 is 4.57 Å². The fourth-order valence-corrected chi connectivity index (χ4v) is 11.2. The maximum Gasteiger partial charge on any atom is 0.179 e. The Morgan fingerprint density at radius 1 is 0.308 bits per heavy atom. The summed E-state index contributed by atoms with van der Waals surface area (Å²) in [5.74, 6) is 0. The third-order valence-electron chi connectivity index (χ3n) is 6.90. The van der Waals surface area contributed by atoms with Crippen molar-refractivity contribution in [3.05, 3.63) is 182 Å². The van der Waals surface area contributed by atoms with E-state index < -0.39 is 15.9 Å². The van der Waals surface area contributed by atoms with Crippen molar-refractivity contribution in [2.45, 2.75) is 0 Å². The number of benzene rings is 6. The first-order chi connectivity index (χ1) is 19.3. The Morgan fingerprint density at radius 2 is 0.513 bits per heavy atom. The van der Waals surface area contributed by atoms with Crippen LogP contribution in [0.5, 0.6) is 0 Å². The van der Waals surface area contributed by atoms with Crippen molar-refractivity contribution in [2.24, 2.45) is 0 Å². The maximum atomic E-state index is 12.0. The molecule has 0 aliphatic heterocycles. The minimum atomic E-state index is -2.30. The molecule has 0 atom stereocenters. The van der Waals surface area contributed by atoms with Crippen molar-refractivity contribution in [3.8, 4) is 0 Å². The molecule has 6 rings (SSSR count). The molecule has 0 amide bonds. The molecule has 0 radical (unpaired) electrons. The molecule has 0 heterocycles. The van der Waals surface area contributed by atoms with Crippen LogP contribution in [-0.4, -0.2) is 8.07 Å². The quantitative estimate of drug-likeness (QED) is 0.161. The topological polar surface area (TPSA) is 17.1 Å². The summed E-state index contributed by atoms with van der Waals surface area (Å²) < 4.78 is 12.0. The largest absolute Gasteiger partial charge is 0.317 e. The van der Waals surface area contributed by atoms with Crippen molar-refractivity contribution in [1.29, 1.82) is 0 Å². The van der Waals surface area contributed by atoms with Crippen LogP contribution in [0.4, 0.5) is 0 Å². The lowest BCUT2D eigenvalue weighted by Crippen LogP contribution is -2.74. The van der Waals surface area contributed by atoms with Gasteiger partial charge in [-0.25, -0.2) is 0 Å². The third-order valence-corrected chi connectivity index (χ3v) is 13.4. The van der Waals surface area contributed by atoms with Gasteiger partial charge in [0.25, 0.3) is 0 Å². The monoisotopic (exact) mass is 538 g/mol. The zero-order valence-corrected chi connectivity index (χ0v) is 23.7. The van der Waals surface area contributed by atoms with E-state index in [4.69, 9.17) is 0 Å². The van der Waals surface area contributed by atoms with Gasteiger partial charge in [0.1, 0.15) is 7.80 Å². The molecule has 0 N–H and O–H groups in total. The average Bonchev–Trinajstić information content (AvgIpc) is 3.04. The van der Waals surface area contributed by atoms with E-state index in [2.05, 4.69) is 121 Å². The summed E-state index contributed by atoms with van der Waals surface area (Å²) in [6, 6.07) is 63.2. The third kappa shape index (κ3) is 5.94. The van der Waals surface area contributed by atoms with E-state index in [0.717, 1.165) is 10.6 Å². The first-order valence-corrected chi connectivity index (χ1v) is 16.6. The highest BCUT2D eigenvalue weighted by Crippen LogP contribution is 2.18. The Morgan fingerprint density at radius 3 is 0.744 bits per heavy atom. The molecule has 0 aliphatic carbocycles. The molecular formula is C36H31OPSi. The minimum absolute atomic E-state index is 0.920. The molecule has 0 bridgehead atoms. The molecule has 0 aliphatic rings. The van der Waals surface area contributed by atoms with E-state index in [9.17, 15) is 4.57 Å². The van der Waals surface area contributed by atoms with Crippen molar-refractivity contribution < 1.29 is 4.57 Å². The first kappa shape index (κ1) is 26.4. The fraction of sp³-hybridized carbons (Fsp3) is 0. The molecule has 0 unspecified atom stereocenters. The zero-order chi connectivity index (χ0) is 26.8. The molecule has 39 heavy (non-hydrogen) atoms. The van der Waals surface area contributed by atoms with E-state index in [0.29, 0.717) is 0 Å². The van der Waals surface area contributed by atoms with Gasteiger partial charge in [0.2, 0.25) is 0 Å². The second-order valence-corrected chi connectivity index (χ2v) is 14.9. The van der Waals surface area contributed by atoms with Gasteiger partial charge >= 0.3 is 0 Å². The molecular weight excluding hydrogens is 507 g/mol. The van der Waals surface area contributed by atoms with Crippen LogP contribution in [0.2, 0.25) is 0 Å². The van der Waals surface area contributed by atoms with Crippen LogP contribution in [0.15, 0.2) is 182 Å². The van der Waals surface area contributed by atoms with Crippen molar-refractivity contribution >= 4 is 47.2 Å². The maximum absolute atomic E-state index is 12.0. The second kappa shape index (κ2) is 13.0. The van der Waals surface area contributed by atoms with Crippen molar-refractivity contribution in [3.63, 3.8) is 0 Å². The SMILES string of the molecule is O=[PH](c1ccccc1)c1ccccc1.c1ccc([Si](c2ccccc2)(c2ccccc2)c2ccccc2)cc1. The van der Waals surface area contributed by atoms with Gasteiger partial charge in [-0.15, -0.1) is 0 Å². The van der Waals surface area contributed by atoms with E-state index in [1.165, 1.54) is 20.7 Å². The Hall–Kier alpha value is -4.23. The Balaban J connectivity index is 0.000000186. The standard InChI is InChI=1S/C24H20Si.C12H11OP/c1-5-13-21(14-6-1)25(22-15-7-2-8-16-22,23-17-9-3-10-18-23)24-19-11-4-12-20-24;13-14(11-7-3-1-4-8-11)12-9-5-2-6-10-12/h1-20H;1-10,14H. The van der Waals surface area contributed by atoms with Crippen LogP contribution in [0.1, 0.15) is 0 Å². The van der Waals surface area contributed by atoms with Crippen LogP contribution in [-0.2, 0) is 4.57 Å². The summed E-state index contributed by atoms with van der Waals surface area (Å²) >= 11 is 0. The number of rotatable bonds is 6. The van der Waals surface area contributed by atoms with Crippen molar-refractivity contribution in [1.82, 2.24) is 0 Å². The molecule has 0 saturated carbocycles. The molecule has 0 aromatic heterocycles. The predicted octanol–water partition coefficient (Wildman–Crippen LogP) is 5.26. The van der Waals surface area contributed by atoms with Gasteiger partial charge in [-0.3, -0.25) is 0 Å². The summed E-state index contributed by atoms with van der Waals surface area (Å²) in [5.41, 5.74) is 0. The Bertz CT molecular complexity index is 1370. The van der Waals surface area contributed by atoms with Gasteiger partial charge in [0.05, 0.1) is 0 Å². The van der Waals surface area contributed by atoms with Gasteiger partial charge in [-0.1, -0.05) is 182 Å². The molecule has 1 nitrogen and oxygen atoms in total. The van der Waals surface area contributed by atoms with Gasteiger partial charge in [0.15, 0.2) is 8.07 Å². The smallest absolute Gasteiger partial charge is 0.179 e. The highest BCUT2D eigenvalue weighted by Gasteiger charge is 2.40. The van der Waals surface area contributed by atoms with Crippen LogP contribution in [0.25, 0.3) is 0 Å².